The molecule has 4 nitrogen and oxygen atoms in total. The van der Waals surface area contributed by atoms with Crippen molar-refractivity contribution in [1.29, 1.82) is 5.26 Å². The minimum atomic E-state index is 0.540. The molecule has 0 amide bonds. The Kier molecular flexibility index (Phi) is 4.51. The number of hydrogen-bond acceptors (Lipinski definition) is 3. The van der Waals surface area contributed by atoms with Gasteiger partial charge in [-0.15, -0.1) is 0 Å². The highest BCUT2D eigenvalue weighted by molar-refractivity contribution is 5.15. The van der Waals surface area contributed by atoms with E-state index in [-0.39, 0.29) is 0 Å². The van der Waals surface area contributed by atoms with Crippen molar-refractivity contribution in [3.63, 3.8) is 0 Å². The van der Waals surface area contributed by atoms with Gasteiger partial charge in [0.15, 0.2) is 0 Å². The molecule has 4 heteroatoms. The third-order valence-electron chi connectivity index (χ3n) is 2.62. The first-order valence-corrected chi connectivity index (χ1v) is 6.01. The third kappa shape index (κ3) is 3.72. The number of rotatable bonds is 6. The lowest BCUT2D eigenvalue weighted by Gasteiger charge is -2.01. The van der Waals surface area contributed by atoms with Gasteiger partial charge in [-0.2, -0.15) is 10.4 Å². The quantitative estimate of drug-likeness (QED) is 0.785. The smallest absolute Gasteiger partial charge is 0.0659 e. The summed E-state index contributed by atoms with van der Waals surface area (Å²) in [6.07, 6.45) is 4.44. The summed E-state index contributed by atoms with van der Waals surface area (Å²) in [5, 5.41) is 16.0. The Labute approximate surface area is 107 Å². The molecule has 0 spiro atoms. The fourth-order valence-electron chi connectivity index (χ4n) is 1.73. The zero-order valence-electron chi connectivity index (χ0n) is 10.2. The van der Waals surface area contributed by atoms with Crippen molar-refractivity contribution >= 4 is 0 Å². The molecular weight excluding hydrogens is 224 g/mol. The first kappa shape index (κ1) is 12.3. The Balaban J connectivity index is 1.85. The van der Waals surface area contributed by atoms with Gasteiger partial charge in [0.1, 0.15) is 0 Å². The summed E-state index contributed by atoms with van der Waals surface area (Å²) in [5.41, 5.74) is 2.38. The SMILES string of the molecule is N#CCCNCc1cnn(Cc2ccccc2)c1. The van der Waals surface area contributed by atoms with Crippen LogP contribution in [0.4, 0.5) is 0 Å². The Morgan fingerprint density at radius 3 is 2.83 bits per heavy atom. The van der Waals surface area contributed by atoms with Crippen molar-refractivity contribution in [2.75, 3.05) is 6.54 Å². The minimum Gasteiger partial charge on any atom is -0.312 e. The minimum absolute atomic E-state index is 0.540. The van der Waals surface area contributed by atoms with Gasteiger partial charge in [0.05, 0.1) is 18.8 Å². The maximum absolute atomic E-state index is 8.43. The molecule has 1 aromatic carbocycles. The molecule has 92 valence electrons. The molecule has 18 heavy (non-hydrogen) atoms. The van der Waals surface area contributed by atoms with Crippen LogP contribution in [-0.2, 0) is 13.1 Å². The maximum Gasteiger partial charge on any atom is 0.0659 e. The molecule has 0 saturated heterocycles. The van der Waals surface area contributed by atoms with Gasteiger partial charge in [-0.05, 0) is 5.56 Å². The second kappa shape index (κ2) is 6.58. The second-order valence-electron chi connectivity index (χ2n) is 4.12. The average Bonchev–Trinajstić information content (AvgIpc) is 2.84. The molecule has 1 aromatic heterocycles. The molecule has 1 N–H and O–H groups in total. The van der Waals surface area contributed by atoms with Crippen LogP contribution in [0.25, 0.3) is 0 Å². The van der Waals surface area contributed by atoms with Crippen molar-refractivity contribution < 1.29 is 0 Å². The summed E-state index contributed by atoms with van der Waals surface area (Å²) in [5.74, 6) is 0. The molecule has 0 saturated carbocycles. The van der Waals surface area contributed by atoms with E-state index in [9.17, 15) is 0 Å². The van der Waals surface area contributed by atoms with Gasteiger partial charge >= 0.3 is 0 Å². The van der Waals surface area contributed by atoms with E-state index in [4.69, 9.17) is 5.26 Å². The summed E-state index contributed by atoms with van der Waals surface area (Å²) >= 11 is 0. The summed E-state index contributed by atoms with van der Waals surface area (Å²) in [4.78, 5) is 0. The van der Waals surface area contributed by atoms with Crippen LogP contribution in [0, 0.1) is 11.3 Å². The first-order chi connectivity index (χ1) is 8.88. The molecule has 0 unspecified atom stereocenters. The highest BCUT2D eigenvalue weighted by Crippen LogP contribution is 2.03. The molecule has 0 radical (unpaired) electrons. The maximum atomic E-state index is 8.43. The lowest BCUT2D eigenvalue weighted by atomic mass is 10.2. The van der Waals surface area contributed by atoms with Gasteiger partial charge in [-0.25, -0.2) is 0 Å². The summed E-state index contributed by atoms with van der Waals surface area (Å²) in [7, 11) is 0. The molecule has 0 fully saturated rings. The zero-order chi connectivity index (χ0) is 12.6. The number of nitriles is 1. The van der Waals surface area contributed by atoms with Crippen LogP contribution in [0.5, 0.6) is 0 Å². The van der Waals surface area contributed by atoms with E-state index in [0.717, 1.165) is 25.2 Å². The predicted octanol–water partition coefficient (Wildman–Crippen LogP) is 1.93. The van der Waals surface area contributed by atoms with Crippen LogP contribution >= 0.6 is 0 Å². The van der Waals surface area contributed by atoms with E-state index >= 15 is 0 Å². The average molecular weight is 240 g/mol. The number of nitrogens with zero attached hydrogens (tertiary/aromatic N) is 3. The van der Waals surface area contributed by atoms with Gasteiger partial charge in [-0.1, -0.05) is 30.3 Å². The van der Waals surface area contributed by atoms with Crippen LogP contribution in [0.3, 0.4) is 0 Å². The Hall–Kier alpha value is -2.12. The third-order valence-corrected chi connectivity index (χ3v) is 2.62. The summed E-state index contributed by atoms with van der Waals surface area (Å²) < 4.78 is 1.93. The predicted molar refractivity (Wildman–Crippen MR) is 69.7 cm³/mol. The number of hydrogen-bond donors (Lipinski definition) is 1. The second-order valence-corrected chi connectivity index (χ2v) is 4.12. The van der Waals surface area contributed by atoms with Crippen molar-refractivity contribution in [2.24, 2.45) is 0 Å². The first-order valence-electron chi connectivity index (χ1n) is 6.01. The normalized spacial score (nSPS) is 10.2. The van der Waals surface area contributed by atoms with Gasteiger partial charge < -0.3 is 5.32 Å². The van der Waals surface area contributed by atoms with Crippen LogP contribution in [0.15, 0.2) is 42.7 Å². The Morgan fingerprint density at radius 2 is 2.06 bits per heavy atom. The van der Waals surface area contributed by atoms with Crippen LogP contribution < -0.4 is 5.32 Å². The number of benzene rings is 1. The monoisotopic (exact) mass is 240 g/mol. The van der Waals surface area contributed by atoms with Gasteiger partial charge in [0, 0.05) is 31.3 Å². The van der Waals surface area contributed by atoms with E-state index in [1.165, 1.54) is 5.56 Å². The van der Waals surface area contributed by atoms with Crippen LogP contribution in [-0.4, -0.2) is 16.3 Å². The van der Waals surface area contributed by atoms with Crippen molar-refractivity contribution in [2.45, 2.75) is 19.5 Å². The number of aromatic nitrogens is 2. The highest BCUT2D eigenvalue weighted by atomic mass is 15.3. The molecule has 0 aliphatic heterocycles. The molecule has 2 rings (SSSR count). The number of nitrogens with one attached hydrogen (secondary N) is 1. The van der Waals surface area contributed by atoms with Crippen molar-refractivity contribution in [3.05, 3.63) is 53.9 Å². The van der Waals surface area contributed by atoms with Crippen molar-refractivity contribution in [1.82, 2.24) is 15.1 Å². The Morgan fingerprint density at radius 1 is 1.22 bits per heavy atom. The van der Waals surface area contributed by atoms with E-state index in [2.05, 4.69) is 28.6 Å². The summed E-state index contributed by atoms with van der Waals surface area (Å²) in [6, 6.07) is 12.4. The molecule has 0 aliphatic rings. The fraction of sp³-hybridized carbons (Fsp3) is 0.286. The molecule has 0 bridgehead atoms. The van der Waals surface area contributed by atoms with Crippen LogP contribution in [0.1, 0.15) is 17.5 Å². The van der Waals surface area contributed by atoms with E-state index in [1.54, 1.807) is 0 Å². The summed E-state index contributed by atoms with van der Waals surface area (Å²) in [6.45, 7) is 2.27. The molecule has 0 aliphatic carbocycles. The lowest BCUT2D eigenvalue weighted by molar-refractivity contribution is 0.679. The van der Waals surface area contributed by atoms with E-state index in [1.807, 2.05) is 35.3 Å². The molecule has 1 heterocycles. The topological polar surface area (TPSA) is 53.6 Å². The van der Waals surface area contributed by atoms with E-state index in [0.29, 0.717) is 6.42 Å². The largest absolute Gasteiger partial charge is 0.312 e. The van der Waals surface area contributed by atoms with Gasteiger partial charge in [0.2, 0.25) is 0 Å². The zero-order valence-corrected chi connectivity index (χ0v) is 10.2. The van der Waals surface area contributed by atoms with Crippen molar-refractivity contribution in [3.8, 4) is 6.07 Å². The lowest BCUT2D eigenvalue weighted by Crippen LogP contribution is -2.13. The van der Waals surface area contributed by atoms with Gasteiger partial charge in [0.25, 0.3) is 0 Å². The highest BCUT2D eigenvalue weighted by Gasteiger charge is 1.99. The van der Waals surface area contributed by atoms with Crippen LogP contribution in [0.2, 0.25) is 0 Å². The molecule has 0 atom stereocenters. The molecular formula is C14H16N4. The van der Waals surface area contributed by atoms with Gasteiger partial charge in [-0.3, -0.25) is 4.68 Å². The standard InChI is InChI=1S/C14H16N4/c15-7-4-8-16-9-14-10-17-18(12-14)11-13-5-2-1-3-6-13/h1-3,5-6,10,12,16H,4,8-9,11H2. The fourth-order valence-corrected chi connectivity index (χ4v) is 1.73. The van der Waals surface area contributed by atoms with E-state index < -0.39 is 0 Å². The molecule has 2 aromatic rings. The Bertz CT molecular complexity index is 510.